The number of halogens is 3. The highest BCUT2D eigenvalue weighted by molar-refractivity contribution is 9.10. The molecule has 1 aliphatic rings. The van der Waals surface area contributed by atoms with Crippen LogP contribution in [-0.4, -0.2) is 31.8 Å². The Balaban J connectivity index is 2.01. The smallest absolute Gasteiger partial charge is 0.201 e. The van der Waals surface area contributed by atoms with Crippen molar-refractivity contribution in [2.45, 2.75) is 18.2 Å². The number of nitrogens with one attached hydrogen (secondary N) is 2. The molecule has 1 aromatic heterocycles. The number of alkyl halides is 1. The zero-order valence-electron chi connectivity index (χ0n) is 14.3. The molecule has 2 atom stereocenters. The third kappa shape index (κ3) is 4.08. The van der Waals surface area contributed by atoms with Crippen molar-refractivity contribution in [1.82, 2.24) is 4.98 Å². The Kier molecular flexibility index (Phi) is 6.01. The Bertz CT molecular complexity index is 972. The highest BCUT2D eigenvalue weighted by Crippen LogP contribution is 2.31. The number of ketones is 1. The number of hydrogen-bond donors (Lipinski definition) is 2. The molecule has 0 saturated carbocycles. The molecule has 0 fully saturated rings. The molecule has 0 aliphatic carbocycles. The number of aromatic amines is 1. The number of aromatic nitrogens is 1. The Morgan fingerprint density at radius 3 is 2.93 bits per heavy atom. The number of allylic oxidation sites excluding steroid dienone is 1. The Labute approximate surface area is 165 Å². The van der Waals surface area contributed by atoms with Crippen molar-refractivity contribution in [1.29, 1.82) is 0 Å². The molecule has 27 heavy (non-hydrogen) atoms. The van der Waals surface area contributed by atoms with Crippen molar-refractivity contribution < 1.29 is 17.8 Å². The van der Waals surface area contributed by atoms with Crippen LogP contribution in [0.3, 0.4) is 0 Å². The molecule has 3 rings (SSSR count). The van der Waals surface area contributed by atoms with Crippen molar-refractivity contribution in [3.8, 4) is 0 Å². The van der Waals surface area contributed by atoms with Crippen LogP contribution in [0.4, 0.5) is 20.3 Å². The van der Waals surface area contributed by atoms with Gasteiger partial charge in [0.05, 0.1) is 16.1 Å². The van der Waals surface area contributed by atoms with E-state index in [1.54, 1.807) is 18.4 Å². The number of fused-ring (bicyclic) bond motifs is 1. The van der Waals surface area contributed by atoms with Gasteiger partial charge in [-0.05, 0) is 18.6 Å². The zero-order chi connectivity index (χ0) is 19.6. The topological polar surface area (TPSA) is 74.3 Å². The van der Waals surface area contributed by atoms with Crippen molar-refractivity contribution >= 4 is 56.5 Å². The molecule has 142 valence electrons. The highest BCUT2D eigenvalue weighted by atomic mass is 79.9. The lowest BCUT2D eigenvalue weighted by Gasteiger charge is -2.10. The summed E-state index contributed by atoms with van der Waals surface area (Å²) in [5, 5.41) is 0. The van der Waals surface area contributed by atoms with Gasteiger partial charge in [-0.3, -0.25) is 4.79 Å². The van der Waals surface area contributed by atoms with Crippen LogP contribution in [0.1, 0.15) is 34.8 Å². The Hall–Kier alpha value is -2.13. The second kappa shape index (κ2) is 8.26. The largest absolute Gasteiger partial charge is 0.345 e. The summed E-state index contributed by atoms with van der Waals surface area (Å²) in [6.07, 6.45) is 7.06. The monoisotopic (exact) mass is 455 g/mol. The van der Waals surface area contributed by atoms with Gasteiger partial charge in [-0.1, -0.05) is 35.0 Å². The molecule has 2 aromatic rings. The fraction of sp³-hybridized carbons (Fsp3) is 0.222. The van der Waals surface area contributed by atoms with Crippen LogP contribution in [0.5, 0.6) is 0 Å². The number of rotatable bonds is 6. The molecule has 0 radical (unpaired) electrons. The molecule has 0 spiro atoms. The van der Waals surface area contributed by atoms with Gasteiger partial charge in [0.25, 0.3) is 0 Å². The molecule has 2 heterocycles. The van der Waals surface area contributed by atoms with Crippen LogP contribution < -0.4 is 4.72 Å². The SMILES string of the molecule is CCCS(=O)Nc1ccc(F)c(C(=O)c2c[nH]c3c2C=CC(Br)C=N3)c1F. The summed E-state index contributed by atoms with van der Waals surface area (Å²) in [6.45, 7) is 1.83. The van der Waals surface area contributed by atoms with Crippen molar-refractivity contribution in [2.75, 3.05) is 10.5 Å². The van der Waals surface area contributed by atoms with Crippen LogP contribution in [0.15, 0.2) is 29.4 Å². The lowest BCUT2D eigenvalue weighted by atomic mass is 10.00. The Morgan fingerprint density at radius 1 is 1.41 bits per heavy atom. The van der Waals surface area contributed by atoms with Crippen molar-refractivity contribution in [2.24, 2.45) is 4.99 Å². The number of aliphatic imine (C=N–C) groups is 1. The molecule has 2 N–H and O–H groups in total. The lowest BCUT2D eigenvalue weighted by molar-refractivity contribution is 0.103. The van der Waals surface area contributed by atoms with Gasteiger partial charge in [-0.15, -0.1) is 0 Å². The molecular formula is C18H16BrF2N3O2S. The molecule has 0 saturated heterocycles. The summed E-state index contributed by atoms with van der Waals surface area (Å²) >= 11 is 3.36. The zero-order valence-corrected chi connectivity index (χ0v) is 16.7. The molecule has 1 aromatic carbocycles. The van der Waals surface area contributed by atoms with Gasteiger partial charge in [-0.25, -0.2) is 18.0 Å². The highest BCUT2D eigenvalue weighted by Gasteiger charge is 2.26. The van der Waals surface area contributed by atoms with Crippen LogP contribution in [0.2, 0.25) is 0 Å². The first-order valence-electron chi connectivity index (χ1n) is 8.18. The van der Waals surface area contributed by atoms with Gasteiger partial charge < -0.3 is 9.71 Å². The van der Waals surface area contributed by atoms with Gasteiger partial charge in [0, 0.05) is 29.3 Å². The predicted molar refractivity (Wildman–Crippen MR) is 107 cm³/mol. The van der Waals surface area contributed by atoms with Gasteiger partial charge in [-0.2, -0.15) is 0 Å². The number of carbonyl (C=O) groups is 1. The first-order valence-corrected chi connectivity index (χ1v) is 10.4. The van der Waals surface area contributed by atoms with E-state index in [1.807, 2.05) is 6.92 Å². The summed E-state index contributed by atoms with van der Waals surface area (Å²) in [6, 6.07) is 2.11. The first kappa shape index (κ1) is 19.6. The minimum Gasteiger partial charge on any atom is -0.345 e. The van der Waals surface area contributed by atoms with Gasteiger partial charge in [0.15, 0.2) is 5.82 Å². The fourth-order valence-electron chi connectivity index (χ4n) is 2.60. The van der Waals surface area contributed by atoms with Gasteiger partial charge in [0.1, 0.15) is 22.6 Å². The maximum atomic E-state index is 14.8. The molecule has 5 nitrogen and oxygen atoms in total. The number of hydrogen-bond acceptors (Lipinski definition) is 3. The van der Waals surface area contributed by atoms with Crippen molar-refractivity contribution in [3.05, 3.63) is 52.7 Å². The number of H-pyrrole nitrogens is 1. The standard InChI is InChI=1S/C18H16BrF2N3O2S/c1-2-7-27(26)24-14-6-5-13(20)15(16(14)21)17(25)12-9-23-18-11(12)4-3-10(19)8-22-18/h3-6,8-10,23-24H,2,7H2,1H3. The predicted octanol–water partition coefficient (Wildman–Crippen LogP) is 4.50. The van der Waals surface area contributed by atoms with Crippen LogP contribution in [-0.2, 0) is 11.0 Å². The number of benzene rings is 1. The van der Waals surface area contributed by atoms with Crippen LogP contribution in [0, 0.1) is 11.6 Å². The normalized spacial score (nSPS) is 16.7. The molecule has 1 aliphatic heterocycles. The van der Waals surface area contributed by atoms with Crippen molar-refractivity contribution in [3.63, 3.8) is 0 Å². The van der Waals surface area contributed by atoms with E-state index in [0.717, 1.165) is 12.1 Å². The number of nitrogens with zero attached hydrogens (tertiary/aromatic N) is 1. The summed E-state index contributed by atoms with van der Waals surface area (Å²) in [4.78, 5) is 19.8. The summed E-state index contributed by atoms with van der Waals surface area (Å²) in [7, 11) is -1.52. The minimum absolute atomic E-state index is 0.102. The van der Waals surface area contributed by atoms with E-state index in [4.69, 9.17) is 0 Å². The minimum atomic E-state index is -1.52. The van der Waals surface area contributed by atoms with E-state index in [9.17, 15) is 17.8 Å². The third-order valence-electron chi connectivity index (χ3n) is 3.87. The fourth-order valence-corrected chi connectivity index (χ4v) is 3.75. The van der Waals surface area contributed by atoms with E-state index in [0.29, 0.717) is 23.6 Å². The maximum Gasteiger partial charge on any atom is 0.201 e. The van der Waals surface area contributed by atoms with E-state index < -0.39 is 34.0 Å². The number of anilines is 1. The van der Waals surface area contributed by atoms with E-state index >= 15 is 0 Å². The quantitative estimate of drug-likeness (QED) is 0.496. The second-order valence-corrected chi connectivity index (χ2v) is 8.17. The second-order valence-electron chi connectivity index (χ2n) is 5.81. The van der Waals surface area contributed by atoms with E-state index in [2.05, 4.69) is 30.6 Å². The third-order valence-corrected chi connectivity index (χ3v) is 5.64. The summed E-state index contributed by atoms with van der Waals surface area (Å²) in [5.41, 5.74) is -0.330. The Morgan fingerprint density at radius 2 is 2.19 bits per heavy atom. The molecule has 0 amide bonds. The summed E-state index contributed by atoms with van der Waals surface area (Å²) < 4.78 is 43.5. The average Bonchev–Trinajstić information content (AvgIpc) is 2.94. The summed E-state index contributed by atoms with van der Waals surface area (Å²) in [5.74, 6) is -2.14. The maximum absolute atomic E-state index is 14.8. The average molecular weight is 456 g/mol. The van der Waals surface area contributed by atoms with Crippen LogP contribution in [0.25, 0.3) is 6.08 Å². The lowest BCUT2D eigenvalue weighted by Crippen LogP contribution is -2.13. The van der Waals surface area contributed by atoms with E-state index in [-0.39, 0.29) is 16.1 Å². The molecule has 2 unspecified atom stereocenters. The molecule has 9 heteroatoms. The number of carbonyl (C=O) groups excluding carboxylic acids is 1. The first-order chi connectivity index (χ1) is 12.9. The van der Waals surface area contributed by atoms with Gasteiger partial charge >= 0.3 is 0 Å². The van der Waals surface area contributed by atoms with Gasteiger partial charge in [0.2, 0.25) is 5.78 Å². The van der Waals surface area contributed by atoms with Crippen LogP contribution >= 0.6 is 15.9 Å². The molecule has 0 bridgehead atoms. The van der Waals surface area contributed by atoms with E-state index in [1.165, 1.54) is 6.20 Å². The molecular weight excluding hydrogens is 440 g/mol.